The van der Waals surface area contributed by atoms with Crippen LogP contribution in [0.25, 0.3) is 0 Å². The topological polar surface area (TPSA) is 15.3 Å². The highest BCUT2D eigenvalue weighted by Gasteiger charge is 2.26. The lowest BCUT2D eigenvalue weighted by Crippen LogP contribution is -2.43. The zero-order valence-corrected chi connectivity index (χ0v) is 12.6. The summed E-state index contributed by atoms with van der Waals surface area (Å²) in [5.74, 6) is 2.80. The molecule has 0 spiro atoms. The molecule has 0 aromatic heterocycles. The van der Waals surface area contributed by atoms with Gasteiger partial charge in [-0.25, -0.2) is 0 Å². The van der Waals surface area contributed by atoms with Crippen LogP contribution in [0.5, 0.6) is 0 Å². The Labute approximate surface area is 114 Å². The third-order valence-electron chi connectivity index (χ3n) is 5.53. The SMILES string of the molecule is CCN1CCC(C(C)NCC2CCCC2C)CC1. The van der Waals surface area contributed by atoms with Crippen molar-refractivity contribution >= 4 is 0 Å². The van der Waals surface area contributed by atoms with Gasteiger partial charge in [0.2, 0.25) is 0 Å². The molecule has 3 unspecified atom stereocenters. The number of nitrogens with zero attached hydrogens (tertiary/aromatic N) is 1. The van der Waals surface area contributed by atoms with Crippen LogP contribution >= 0.6 is 0 Å². The first-order chi connectivity index (χ1) is 8.70. The van der Waals surface area contributed by atoms with Crippen molar-refractivity contribution in [2.75, 3.05) is 26.2 Å². The van der Waals surface area contributed by atoms with Crippen molar-refractivity contribution in [2.45, 2.75) is 58.9 Å². The predicted octanol–water partition coefficient (Wildman–Crippen LogP) is 3.13. The molecule has 0 bridgehead atoms. The summed E-state index contributed by atoms with van der Waals surface area (Å²) in [5, 5.41) is 3.84. The first-order valence-corrected chi connectivity index (χ1v) is 8.16. The van der Waals surface area contributed by atoms with E-state index in [1.54, 1.807) is 0 Å². The van der Waals surface area contributed by atoms with E-state index in [-0.39, 0.29) is 0 Å². The summed E-state index contributed by atoms with van der Waals surface area (Å²) in [5.41, 5.74) is 0. The van der Waals surface area contributed by atoms with Crippen LogP contribution in [0.3, 0.4) is 0 Å². The lowest BCUT2D eigenvalue weighted by molar-refractivity contribution is 0.166. The van der Waals surface area contributed by atoms with Crippen molar-refractivity contribution in [3.63, 3.8) is 0 Å². The third-order valence-corrected chi connectivity index (χ3v) is 5.53. The molecule has 1 aliphatic heterocycles. The highest BCUT2D eigenvalue weighted by Crippen LogP contribution is 2.31. The van der Waals surface area contributed by atoms with Crippen molar-refractivity contribution in [1.82, 2.24) is 10.2 Å². The molecule has 1 aliphatic carbocycles. The molecule has 1 saturated carbocycles. The summed E-state index contributed by atoms with van der Waals surface area (Å²) in [6.07, 6.45) is 7.14. The maximum atomic E-state index is 3.84. The number of hydrogen-bond acceptors (Lipinski definition) is 2. The van der Waals surface area contributed by atoms with Gasteiger partial charge in [-0.1, -0.05) is 26.7 Å². The molecular weight excluding hydrogens is 220 g/mol. The molecule has 1 N–H and O–H groups in total. The van der Waals surface area contributed by atoms with Gasteiger partial charge < -0.3 is 10.2 Å². The minimum absolute atomic E-state index is 0.719. The Morgan fingerprint density at radius 2 is 1.89 bits per heavy atom. The molecule has 2 heteroatoms. The predicted molar refractivity (Wildman–Crippen MR) is 78.8 cm³/mol. The van der Waals surface area contributed by atoms with Crippen molar-refractivity contribution in [3.05, 3.63) is 0 Å². The van der Waals surface area contributed by atoms with Crippen LogP contribution in [0.15, 0.2) is 0 Å². The van der Waals surface area contributed by atoms with Gasteiger partial charge >= 0.3 is 0 Å². The maximum absolute atomic E-state index is 3.84. The van der Waals surface area contributed by atoms with Crippen molar-refractivity contribution < 1.29 is 0 Å². The summed E-state index contributed by atoms with van der Waals surface area (Å²) < 4.78 is 0. The molecule has 2 fully saturated rings. The molecule has 18 heavy (non-hydrogen) atoms. The standard InChI is InChI=1S/C16H32N2/c1-4-18-10-8-15(9-11-18)14(3)17-12-16-7-5-6-13(16)2/h13-17H,4-12H2,1-3H3. The van der Waals surface area contributed by atoms with Crippen LogP contribution in [0, 0.1) is 17.8 Å². The minimum atomic E-state index is 0.719. The fraction of sp³-hybridized carbons (Fsp3) is 1.00. The van der Waals surface area contributed by atoms with Crippen LogP contribution in [-0.2, 0) is 0 Å². The Morgan fingerprint density at radius 1 is 1.17 bits per heavy atom. The summed E-state index contributed by atoms with van der Waals surface area (Å²) in [6.45, 7) is 12.2. The Bertz CT molecular complexity index is 233. The molecule has 0 amide bonds. The summed E-state index contributed by atoms with van der Waals surface area (Å²) >= 11 is 0. The van der Waals surface area contributed by atoms with Crippen LogP contribution in [0.1, 0.15) is 52.9 Å². The zero-order chi connectivity index (χ0) is 13.0. The van der Waals surface area contributed by atoms with Gasteiger partial charge in [-0.3, -0.25) is 0 Å². The molecule has 2 aliphatic rings. The quantitative estimate of drug-likeness (QED) is 0.809. The lowest BCUT2D eigenvalue weighted by atomic mass is 9.89. The van der Waals surface area contributed by atoms with E-state index >= 15 is 0 Å². The molecule has 1 heterocycles. The lowest BCUT2D eigenvalue weighted by Gasteiger charge is -2.35. The van der Waals surface area contributed by atoms with Gasteiger partial charge in [-0.05, 0) is 70.1 Å². The highest BCUT2D eigenvalue weighted by atomic mass is 15.1. The molecule has 0 aromatic rings. The Hall–Kier alpha value is -0.0800. The monoisotopic (exact) mass is 252 g/mol. The van der Waals surface area contributed by atoms with E-state index in [1.807, 2.05) is 0 Å². The number of likely N-dealkylation sites (tertiary alicyclic amines) is 1. The van der Waals surface area contributed by atoms with E-state index in [2.05, 4.69) is 31.0 Å². The van der Waals surface area contributed by atoms with Gasteiger partial charge in [0.05, 0.1) is 0 Å². The average molecular weight is 252 g/mol. The van der Waals surface area contributed by atoms with E-state index in [4.69, 9.17) is 0 Å². The number of rotatable bonds is 5. The minimum Gasteiger partial charge on any atom is -0.314 e. The Kier molecular flexibility index (Phi) is 5.50. The molecule has 106 valence electrons. The van der Waals surface area contributed by atoms with Gasteiger partial charge in [0.15, 0.2) is 0 Å². The summed E-state index contributed by atoms with van der Waals surface area (Å²) in [7, 11) is 0. The molecule has 2 nitrogen and oxygen atoms in total. The van der Waals surface area contributed by atoms with Gasteiger partial charge in [0, 0.05) is 6.04 Å². The average Bonchev–Trinajstić information content (AvgIpc) is 2.81. The van der Waals surface area contributed by atoms with E-state index in [0.29, 0.717) is 0 Å². The van der Waals surface area contributed by atoms with Crippen LogP contribution < -0.4 is 5.32 Å². The molecule has 2 rings (SSSR count). The number of nitrogens with one attached hydrogen (secondary N) is 1. The van der Waals surface area contributed by atoms with E-state index in [1.165, 1.54) is 58.3 Å². The van der Waals surface area contributed by atoms with Crippen LogP contribution in [-0.4, -0.2) is 37.1 Å². The van der Waals surface area contributed by atoms with Crippen molar-refractivity contribution in [1.29, 1.82) is 0 Å². The molecule has 1 saturated heterocycles. The van der Waals surface area contributed by atoms with Gasteiger partial charge in [-0.15, -0.1) is 0 Å². The smallest absolute Gasteiger partial charge is 0.00680 e. The first-order valence-electron chi connectivity index (χ1n) is 8.16. The fourth-order valence-electron chi connectivity index (χ4n) is 3.80. The molecule has 0 aromatic carbocycles. The van der Waals surface area contributed by atoms with Gasteiger partial charge in [0.1, 0.15) is 0 Å². The Morgan fingerprint density at radius 3 is 2.44 bits per heavy atom. The maximum Gasteiger partial charge on any atom is 0.00680 e. The summed E-state index contributed by atoms with van der Waals surface area (Å²) in [6, 6.07) is 0.719. The van der Waals surface area contributed by atoms with Crippen LogP contribution in [0.2, 0.25) is 0 Å². The van der Waals surface area contributed by atoms with Crippen molar-refractivity contribution in [3.8, 4) is 0 Å². The number of piperidine rings is 1. The highest BCUT2D eigenvalue weighted by molar-refractivity contribution is 4.82. The Balaban J connectivity index is 1.67. The van der Waals surface area contributed by atoms with Crippen molar-refractivity contribution in [2.24, 2.45) is 17.8 Å². The summed E-state index contributed by atoms with van der Waals surface area (Å²) in [4.78, 5) is 2.59. The van der Waals surface area contributed by atoms with Crippen LogP contribution in [0.4, 0.5) is 0 Å². The fourth-order valence-corrected chi connectivity index (χ4v) is 3.80. The zero-order valence-electron chi connectivity index (χ0n) is 12.6. The molecular formula is C16H32N2. The number of hydrogen-bond donors (Lipinski definition) is 1. The second-order valence-electron chi connectivity index (χ2n) is 6.64. The second kappa shape index (κ2) is 6.91. The van der Waals surface area contributed by atoms with E-state index < -0.39 is 0 Å². The normalized spacial score (nSPS) is 32.8. The van der Waals surface area contributed by atoms with Gasteiger partial charge in [-0.2, -0.15) is 0 Å². The van der Waals surface area contributed by atoms with E-state index in [9.17, 15) is 0 Å². The van der Waals surface area contributed by atoms with Gasteiger partial charge in [0.25, 0.3) is 0 Å². The molecule has 0 radical (unpaired) electrons. The second-order valence-corrected chi connectivity index (χ2v) is 6.64. The largest absolute Gasteiger partial charge is 0.314 e. The third kappa shape index (κ3) is 3.71. The first kappa shape index (κ1) is 14.3. The molecule has 3 atom stereocenters. The van der Waals surface area contributed by atoms with E-state index in [0.717, 1.165) is 23.8 Å².